The molecular formula is C57H104O6. The largest absolute Gasteiger partial charge is 0.462 e. The minimum absolute atomic E-state index is 0.0806. The van der Waals surface area contributed by atoms with Crippen LogP contribution >= 0.6 is 0 Å². The Bertz CT molecular complexity index is 1010. The van der Waals surface area contributed by atoms with Crippen LogP contribution in [0.3, 0.4) is 0 Å². The third-order valence-corrected chi connectivity index (χ3v) is 12.1. The average Bonchev–Trinajstić information content (AvgIpc) is 3.28. The van der Waals surface area contributed by atoms with Crippen LogP contribution in [0.5, 0.6) is 0 Å². The number of ether oxygens (including phenoxy) is 3. The summed E-state index contributed by atoms with van der Waals surface area (Å²) in [5.74, 6) is -0.893. The highest BCUT2D eigenvalue weighted by Crippen LogP contribution is 2.15. The molecule has 6 nitrogen and oxygen atoms in total. The van der Waals surface area contributed by atoms with E-state index in [0.29, 0.717) is 19.3 Å². The van der Waals surface area contributed by atoms with E-state index in [1.807, 2.05) is 0 Å². The first-order valence-electron chi connectivity index (χ1n) is 27.5. The number of esters is 3. The maximum atomic E-state index is 12.8. The number of hydrogen-bond acceptors (Lipinski definition) is 6. The van der Waals surface area contributed by atoms with E-state index < -0.39 is 6.10 Å². The molecule has 368 valence electrons. The first-order chi connectivity index (χ1) is 31.0. The lowest BCUT2D eigenvalue weighted by Crippen LogP contribution is -2.30. The molecule has 6 heteroatoms. The third-order valence-electron chi connectivity index (χ3n) is 12.1. The average molecular weight is 891 g/mol. The summed E-state index contributed by atoms with van der Waals surface area (Å²) in [7, 11) is 0. The zero-order valence-corrected chi connectivity index (χ0v) is 42.1. The van der Waals surface area contributed by atoms with E-state index in [9.17, 15) is 14.4 Å². The van der Waals surface area contributed by atoms with Gasteiger partial charge in [-0.25, -0.2) is 0 Å². The predicted octanol–water partition coefficient (Wildman–Crippen LogP) is 18.1. The second-order valence-corrected chi connectivity index (χ2v) is 18.5. The lowest BCUT2D eigenvalue weighted by atomic mass is 10.1. The first kappa shape index (κ1) is 60.6. The highest BCUT2D eigenvalue weighted by Gasteiger charge is 2.19. The fraction of sp³-hybridized carbons (Fsp3) is 0.842. The fourth-order valence-electron chi connectivity index (χ4n) is 7.90. The van der Waals surface area contributed by atoms with Crippen LogP contribution in [-0.2, 0) is 28.6 Å². The maximum absolute atomic E-state index is 12.8. The molecule has 0 spiro atoms. The van der Waals surface area contributed by atoms with Gasteiger partial charge in [-0.1, -0.05) is 211 Å². The van der Waals surface area contributed by atoms with Crippen molar-refractivity contribution in [1.29, 1.82) is 0 Å². The van der Waals surface area contributed by atoms with Crippen molar-refractivity contribution in [2.75, 3.05) is 13.2 Å². The molecule has 0 rings (SSSR count). The quantitative estimate of drug-likeness (QED) is 0.0199. The Morgan fingerprint density at radius 1 is 0.302 bits per heavy atom. The first-order valence-corrected chi connectivity index (χ1v) is 27.5. The van der Waals surface area contributed by atoms with E-state index in [2.05, 4.69) is 57.2 Å². The molecule has 0 radical (unpaired) electrons. The zero-order valence-electron chi connectivity index (χ0n) is 42.1. The molecule has 0 unspecified atom stereocenters. The van der Waals surface area contributed by atoms with Crippen LogP contribution < -0.4 is 0 Å². The van der Waals surface area contributed by atoms with Crippen LogP contribution in [-0.4, -0.2) is 37.2 Å². The van der Waals surface area contributed by atoms with Crippen molar-refractivity contribution in [1.82, 2.24) is 0 Å². The van der Waals surface area contributed by atoms with Gasteiger partial charge in [-0.3, -0.25) is 14.4 Å². The summed E-state index contributed by atoms with van der Waals surface area (Å²) < 4.78 is 16.8. The molecule has 0 aliphatic heterocycles. The van der Waals surface area contributed by atoms with Crippen LogP contribution in [0.2, 0.25) is 0 Å². The van der Waals surface area contributed by atoms with Crippen LogP contribution in [0.4, 0.5) is 0 Å². The lowest BCUT2D eigenvalue weighted by Gasteiger charge is -2.18. The van der Waals surface area contributed by atoms with Gasteiger partial charge in [-0.05, 0) is 96.3 Å². The van der Waals surface area contributed by atoms with Crippen molar-refractivity contribution in [2.45, 2.75) is 297 Å². The van der Waals surface area contributed by atoms with Crippen molar-refractivity contribution in [3.05, 3.63) is 36.5 Å². The highest BCUT2D eigenvalue weighted by molar-refractivity contribution is 5.71. The molecule has 0 atom stereocenters. The molecular weight excluding hydrogens is 787 g/mol. The van der Waals surface area contributed by atoms with E-state index >= 15 is 0 Å². The molecule has 0 amide bonds. The van der Waals surface area contributed by atoms with Crippen molar-refractivity contribution in [2.24, 2.45) is 0 Å². The highest BCUT2D eigenvalue weighted by atomic mass is 16.6. The minimum atomic E-state index is -0.781. The van der Waals surface area contributed by atoms with Crippen LogP contribution in [0.25, 0.3) is 0 Å². The van der Waals surface area contributed by atoms with E-state index in [1.165, 1.54) is 173 Å². The molecule has 0 bridgehead atoms. The van der Waals surface area contributed by atoms with Gasteiger partial charge in [0, 0.05) is 19.3 Å². The Labute approximate surface area is 391 Å². The molecule has 0 heterocycles. The second-order valence-electron chi connectivity index (χ2n) is 18.5. The van der Waals surface area contributed by atoms with Crippen LogP contribution in [0.1, 0.15) is 290 Å². The Hall–Kier alpha value is -2.37. The molecule has 0 aromatic carbocycles. The Kier molecular flexibility index (Phi) is 50.3. The Balaban J connectivity index is 4.39. The molecule has 0 saturated carbocycles. The van der Waals surface area contributed by atoms with Gasteiger partial charge in [0.2, 0.25) is 0 Å². The van der Waals surface area contributed by atoms with Crippen molar-refractivity contribution >= 4 is 17.9 Å². The number of carbonyl (C=O) groups excluding carboxylic acids is 3. The van der Waals surface area contributed by atoms with E-state index in [-0.39, 0.29) is 31.1 Å². The smallest absolute Gasteiger partial charge is 0.306 e. The molecule has 0 N–H and O–H groups in total. The summed E-state index contributed by atoms with van der Waals surface area (Å²) in [5.41, 5.74) is 0. The van der Waals surface area contributed by atoms with Gasteiger partial charge in [0.1, 0.15) is 13.2 Å². The Morgan fingerprint density at radius 3 is 0.794 bits per heavy atom. The van der Waals surface area contributed by atoms with Gasteiger partial charge >= 0.3 is 17.9 Å². The summed E-state index contributed by atoms with van der Waals surface area (Å²) in [6, 6.07) is 0. The monoisotopic (exact) mass is 891 g/mol. The number of unbranched alkanes of at least 4 members (excludes halogenated alkanes) is 33. The number of carbonyl (C=O) groups is 3. The van der Waals surface area contributed by atoms with Gasteiger partial charge in [-0.15, -0.1) is 0 Å². The topological polar surface area (TPSA) is 78.9 Å². The normalized spacial score (nSPS) is 11.8. The zero-order chi connectivity index (χ0) is 45.8. The van der Waals surface area contributed by atoms with Crippen molar-refractivity contribution in [3.63, 3.8) is 0 Å². The Morgan fingerprint density at radius 2 is 0.524 bits per heavy atom. The van der Waals surface area contributed by atoms with Crippen molar-refractivity contribution in [3.8, 4) is 0 Å². The molecule has 0 saturated heterocycles. The minimum Gasteiger partial charge on any atom is -0.462 e. The molecule has 63 heavy (non-hydrogen) atoms. The molecule has 0 aliphatic carbocycles. The number of allylic oxidation sites excluding steroid dienone is 6. The summed E-state index contributed by atoms with van der Waals surface area (Å²) in [4.78, 5) is 38.0. The second kappa shape index (κ2) is 52.3. The summed E-state index contributed by atoms with van der Waals surface area (Å²) in [5, 5.41) is 0. The summed E-state index contributed by atoms with van der Waals surface area (Å²) in [6.45, 7) is 6.63. The fourth-order valence-corrected chi connectivity index (χ4v) is 7.90. The van der Waals surface area contributed by atoms with Gasteiger partial charge in [0.25, 0.3) is 0 Å². The maximum Gasteiger partial charge on any atom is 0.306 e. The van der Waals surface area contributed by atoms with Crippen molar-refractivity contribution < 1.29 is 28.6 Å². The number of hydrogen-bond donors (Lipinski definition) is 0. The predicted molar refractivity (Wildman–Crippen MR) is 270 cm³/mol. The van der Waals surface area contributed by atoms with E-state index in [4.69, 9.17) is 14.2 Å². The van der Waals surface area contributed by atoms with Gasteiger partial charge in [0.05, 0.1) is 0 Å². The van der Waals surface area contributed by atoms with Crippen LogP contribution in [0.15, 0.2) is 36.5 Å². The lowest BCUT2D eigenvalue weighted by molar-refractivity contribution is -0.167. The van der Waals surface area contributed by atoms with Gasteiger partial charge in [-0.2, -0.15) is 0 Å². The van der Waals surface area contributed by atoms with Crippen LogP contribution in [0, 0.1) is 0 Å². The molecule has 0 aromatic heterocycles. The third kappa shape index (κ3) is 50.5. The van der Waals surface area contributed by atoms with E-state index in [0.717, 1.165) is 77.0 Å². The standard InChI is InChI=1S/C57H104O6/c1-4-7-10-13-16-19-22-25-28-31-34-37-40-43-46-49-55(58)61-52-54(63-57(60)51-48-45-42-39-36-33-30-27-24-21-18-15-12-9-6-3)53-62-56(59)50-47-44-41-38-35-32-29-26-23-20-17-14-11-8-5-2/h25-30,54H,4-24,31-53H2,1-3H3/b28-25+,29-26+,30-27+/i25+1,26+1,27+1,28+1,29+1,30+1. The molecule has 0 aromatic rings. The van der Waals surface area contributed by atoms with Gasteiger partial charge in [0.15, 0.2) is 6.10 Å². The summed E-state index contributed by atoms with van der Waals surface area (Å²) >= 11 is 0. The number of rotatable bonds is 50. The SMILES string of the molecule is CCCCCCCC/[13CH]=[13CH]/CCCCCCCC(=O)OCC(COC(=O)CCCCCCC/[13CH]=[13CH]/CCCCCCCC)OC(=O)CCCCCCC/[13CH]=[13CH]/CCCCCCCC. The molecule has 0 fully saturated rings. The van der Waals surface area contributed by atoms with Gasteiger partial charge < -0.3 is 14.2 Å². The van der Waals surface area contributed by atoms with E-state index in [1.54, 1.807) is 0 Å². The summed E-state index contributed by atoms with van der Waals surface area (Å²) in [6.07, 6.45) is 61.2. The molecule has 0 aliphatic rings.